The van der Waals surface area contributed by atoms with Crippen LogP contribution in [0.2, 0.25) is 0 Å². The third kappa shape index (κ3) is 61.4. The number of hydrogen-bond donors (Lipinski definition) is 0. The summed E-state index contributed by atoms with van der Waals surface area (Å²) in [6.07, 6.45) is 84.6. The summed E-state index contributed by atoms with van der Waals surface area (Å²) >= 11 is 0. The number of hydrogen-bond acceptors (Lipinski definition) is 6. The largest absolute Gasteiger partial charge is 0.462 e. The summed E-state index contributed by atoms with van der Waals surface area (Å²) < 4.78 is 16.9. The van der Waals surface area contributed by atoms with Gasteiger partial charge in [0.05, 0.1) is 0 Å². The van der Waals surface area contributed by atoms with E-state index in [0.29, 0.717) is 19.3 Å². The van der Waals surface area contributed by atoms with Crippen LogP contribution in [-0.4, -0.2) is 37.2 Å². The molecule has 0 aliphatic carbocycles. The van der Waals surface area contributed by atoms with Gasteiger partial charge < -0.3 is 14.2 Å². The molecule has 0 N–H and O–H groups in total. The number of rotatable bonds is 59. The van der Waals surface area contributed by atoms with Crippen LogP contribution in [-0.2, 0) is 28.6 Å². The highest BCUT2D eigenvalue weighted by Gasteiger charge is 2.19. The van der Waals surface area contributed by atoms with Gasteiger partial charge in [0.2, 0.25) is 0 Å². The molecule has 0 saturated carbocycles. The van der Waals surface area contributed by atoms with Crippen molar-refractivity contribution in [3.63, 3.8) is 0 Å². The maximum Gasteiger partial charge on any atom is 0.306 e. The minimum atomic E-state index is -0.785. The zero-order valence-electron chi connectivity index (χ0n) is 50.3. The Balaban J connectivity index is 4.16. The summed E-state index contributed by atoms with van der Waals surface area (Å²) in [4.78, 5) is 38.2. The molecule has 0 radical (unpaired) electrons. The van der Waals surface area contributed by atoms with Gasteiger partial charge in [-0.2, -0.15) is 0 Å². The lowest BCUT2D eigenvalue weighted by Gasteiger charge is -2.18. The van der Waals surface area contributed by atoms with Gasteiger partial charge in [-0.1, -0.05) is 279 Å². The van der Waals surface area contributed by atoms with Crippen molar-refractivity contribution < 1.29 is 28.6 Å². The lowest BCUT2D eigenvalue weighted by Crippen LogP contribution is -2.30. The average molecular weight is 1060 g/mol. The van der Waals surface area contributed by atoms with E-state index >= 15 is 0 Å². The molecule has 0 fully saturated rings. The molecule has 0 spiro atoms. The van der Waals surface area contributed by atoms with Crippen LogP contribution < -0.4 is 0 Å². The van der Waals surface area contributed by atoms with Gasteiger partial charge >= 0.3 is 17.9 Å². The van der Waals surface area contributed by atoms with Crippen LogP contribution in [0.5, 0.6) is 0 Å². The van der Waals surface area contributed by atoms with Gasteiger partial charge in [0.15, 0.2) is 6.10 Å². The van der Waals surface area contributed by atoms with Crippen molar-refractivity contribution in [3.8, 4) is 0 Å². The van der Waals surface area contributed by atoms with Gasteiger partial charge in [0.25, 0.3) is 0 Å². The Kier molecular flexibility index (Phi) is 61.2. The standard InChI is InChI=1S/C70H122O6/c1-4-7-10-13-16-19-22-25-27-28-29-30-31-32-33-34-35-36-37-38-39-40-41-42-43-46-48-51-54-57-60-63-69(72)75-66-67(65-74-68(71)62-59-56-53-50-47-44-24-21-18-15-12-9-6-3)76-70(73)64-61-58-55-52-49-45-26-23-20-17-14-11-8-5-2/h7,10,14,16-17,19,21,23-27,29-30,67H,4-6,8-9,11-13,15,18,20,22,28,31-66H2,1-3H3/b10-7-,17-14-,19-16-,24-21-,26-23-,27-25-,30-29-. The van der Waals surface area contributed by atoms with Gasteiger partial charge in [0.1, 0.15) is 13.2 Å². The molecule has 0 heterocycles. The molecule has 1 atom stereocenters. The Bertz CT molecular complexity index is 1450. The van der Waals surface area contributed by atoms with Gasteiger partial charge in [-0.25, -0.2) is 0 Å². The number of carbonyl (C=O) groups excluding carboxylic acids is 3. The summed E-state index contributed by atoms with van der Waals surface area (Å²) in [5, 5.41) is 0. The molecular formula is C70H122O6. The molecular weight excluding hydrogens is 937 g/mol. The number of unbranched alkanes of at least 4 members (excludes halogenated alkanes) is 34. The SMILES string of the molecule is CC/C=C\C/C=C\C/C=C\C/C=C\CCCCCCCCCCCCCCCCCCCCC(=O)OCC(COC(=O)CCCCCCC/C=C\CCCCCC)OC(=O)CCCCCCC/C=C\C/C=C\CCCC. The molecule has 0 rings (SSSR count). The van der Waals surface area contributed by atoms with E-state index in [4.69, 9.17) is 14.2 Å². The predicted molar refractivity (Wildman–Crippen MR) is 330 cm³/mol. The molecule has 0 aliphatic rings. The number of allylic oxidation sites excluding steroid dienone is 14. The van der Waals surface area contributed by atoms with E-state index in [1.165, 1.54) is 167 Å². The predicted octanol–water partition coefficient (Wildman–Crippen LogP) is 22.3. The quantitative estimate of drug-likeness (QED) is 0.0261. The molecule has 6 nitrogen and oxygen atoms in total. The molecule has 0 saturated heterocycles. The lowest BCUT2D eigenvalue weighted by molar-refractivity contribution is -0.167. The number of ether oxygens (including phenoxy) is 3. The van der Waals surface area contributed by atoms with E-state index in [9.17, 15) is 14.4 Å². The van der Waals surface area contributed by atoms with Gasteiger partial charge in [-0.05, 0) is 109 Å². The fourth-order valence-corrected chi connectivity index (χ4v) is 9.21. The smallest absolute Gasteiger partial charge is 0.306 e. The highest BCUT2D eigenvalue weighted by atomic mass is 16.6. The Hall–Kier alpha value is -3.41. The summed E-state index contributed by atoms with van der Waals surface area (Å²) in [7, 11) is 0. The van der Waals surface area contributed by atoms with E-state index in [1.54, 1.807) is 0 Å². The van der Waals surface area contributed by atoms with Crippen molar-refractivity contribution in [2.24, 2.45) is 0 Å². The van der Waals surface area contributed by atoms with Crippen molar-refractivity contribution in [2.75, 3.05) is 13.2 Å². The second-order valence-corrected chi connectivity index (χ2v) is 21.6. The monoisotopic (exact) mass is 1060 g/mol. The van der Waals surface area contributed by atoms with E-state index in [2.05, 4.69) is 106 Å². The van der Waals surface area contributed by atoms with E-state index in [1.807, 2.05) is 0 Å². The lowest BCUT2D eigenvalue weighted by atomic mass is 10.0. The van der Waals surface area contributed by atoms with Crippen LogP contribution in [0.3, 0.4) is 0 Å². The average Bonchev–Trinajstić information content (AvgIpc) is 3.42. The highest BCUT2D eigenvalue weighted by Crippen LogP contribution is 2.17. The first kappa shape index (κ1) is 72.6. The first-order chi connectivity index (χ1) is 37.5. The minimum Gasteiger partial charge on any atom is -0.462 e. The van der Waals surface area contributed by atoms with Crippen LogP contribution in [0.1, 0.15) is 323 Å². The second-order valence-electron chi connectivity index (χ2n) is 21.6. The van der Waals surface area contributed by atoms with Gasteiger partial charge in [-0.3, -0.25) is 14.4 Å². The fraction of sp³-hybridized carbons (Fsp3) is 0.757. The third-order valence-electron chi connectivity index (χ3n) is 14.1. The third-order valence-corrected chi connectivity index (χ3v) is 14.1. The minimum absolute atomic E-state index is 0.0816. The van der Waals surface area contributed by atoms with E-state index in [-0.39, 0.29) is 31.1 Å². The first-order valence-electron chi connectivity index (χ1n) is 32.6. The zero-order valence-corrected chi connectivity index (χ0v) is 50.3. The summed E-state index contributed by atoms with van der Waals surface area (Å²) in [5.74, 6) is -0.892. The molecule has 6 heteroatoms. The Labute approximate surface area is 471 Å². The Morgan fingerprint density at radius 2 is 0.526 bits per heavy atom. The number of carbonyl (C=O) groups is 3. The Morgan fingerprint density at radius 3 is 0.855 bits per heavy atom. The van der Waals surface area contributed by atoms with Gasteiger partial charge in [-0.15, -0.1) is 0 Å². The maximum atomic E-state index is 12.9. The van der Waals surface area contributed by atoms with Crippen molar-refractivity contribution in [3.05, 3.63) is 85.1 Å². The first-order valence-corrected chi connectivity index (χ1v) is 32.6. The molecule has 0 aromatic carbocycles. The van der Waals surface area contributed by atoms with Gasteiger partial charge in [0, 0.05) is 19.3 Å². The van der Waals surface area contributed by atoms with Crippen molar-refractivity contribution in [1.29, 1.82) is 0 Å². The topological polar surface area (TPSA) is 78.9 Å². The van der Waals surface area contributed by atoms with E-state index in [0.717, 1.165) is 116 Å². The fourth-order valence-electron chi connectivity index (χ4n) is 9.21. The normalized spacial score (nSPS) is 12.6. The number of esters is 3. The molecule has 0 aliphatic heterocycles. The maximum absolute atomic E-state index is 12.9. The molecule has 0 amide bonds. The molecule has 1 unspecified atom stereocenters. The van der Waals surface area contributed by atoms with E-state index < -0.39 is 6.10 Å². The van der Waals surface area contributed by atoms with Crippen molar-refractivity contribution in [1.82, 2.24) is 0 Å². The summed E-state index contributed by atoms with van der Waals surface area (Å²) in [6, 6.07) is 0. The van der Waals surface area contributed by atoms with Crippen LogP contribution in [0, 0.1) is 0 Å². The van der Waals surface area contributed by atoms with Crippen LogP contribution >= 0.6 is 0 Å². The molecule has 0 bridgehead atoms. The van der Waals surface area contributed by atoms with Crippen LogP contribution in [0.25, 0.3) is 0 Å². The molecule has 438 valence electrons. The molecule has 76 heavy (non-hydrogen) atoms. The van der Waals surface area contributed by atoms with Crippen molar-refractivity contribution >= 4 is 17.9 Å². The van der Waals surface area contributed by atoms with Crippen LogP contribution in [0.15, 0.2) is 85.1 Å². The zero-order chi connectivity index (χ0) is 55.0. The second kappa shape index (κ2) is 64.1. The highest BCUT2D eigenvalue weighted by molar-refractivity contribution is 5.71. The molecule has 0 aromatic rings. The summed E-state index contributed by atoms with van der Waals surface area (Å²) in [6.45, 7) is 6.48. The van der Waals surface area contributed by atoms with Crippen molar-refractivity contribution in [2.45, 2.75) is 329 Å². The summed E-state index contributed by atoms with van der Waals surface area (Å²) in [5.41, 5.74) is 0. The van der Waals surface area contributed by atoms with Crippen LogP contribution in [0.4, 0.5) is 0 Å². The Morgan fingerprint density at radius 1 is 0.276 bits per heavy atom. The molecule has 0 aromatic heterocycles.